The fourth-order valence-corrected chi connectivity index (χ4v) is 3.73. The minimum atomic E-state index is -0.971. The lowest BCUT2D eigenvalue weighted by Crippen LogP contribution is -2.44. The summed E-state index contributed by atoms with van der Waals surface area (Å²) in [6.45, 7) is 1.36. The van der Waals surface area contributed by atoms with Gasteiger partial charge >= 0.3 is 0 Å². The van der Waals surface area contributed by atoms with E-state index in [0.717, 1.165) is 16.7 Å². The number of carbonyl (C=O) groups is 3. The van der Waals surface area contributed by atoms with Crippen LogP contribution >= 0.6 is 11.8 Å². The highest BCUT2D eigenvalue weighted by molar-refractivity contribution is 8.16. The molecule has 0 bridgehead atoms. The molecule has 0 saturated carbocycles. The summed E-state index contributed by atoms with van der Waals surface area (Å²) in [5, 5.41) is -1.39. The molecule has 1 aliphatic rings. The Kier molecular flexibility index (Phi) is 4.76. The van der Waals surface area contributed by atoms with Crippen LogP contribution in [0, 0.1) is 0 Å². The van der Waals surface area contributed by atoms with Gasteiger partial charge in [-0.25, -0.2) is 4.90 Å². The molecular weight excluding hydrogens is 340 g/mol. The molecule has 0 aromatic heterocycles. The van der Waals surface area contributed by atoms with Gasteiger partial charge in [-0.3, -0.25) is 19.3 Å². The van der Waals surface area contributed by atoms with Gasteiger partial charge in [-0.15, -0.1) is 0 Å². The van der Waals surface area contributed by atoms with Gasteiger partial charge in [-0.2, -0.15) is 0 Å². The van der Waals surface area contributed by atoms with Crippen molar-refractivity contribution in [3.8, 4) is 5.75 Å². The molecule has 128 valence electrons. The van der Waals surface area contributed by atoms with Crippen LogP contribution in [0.1, 0.15) is 6.92 Å². The third kappa shape index (κ3) is 3.10. The summed E-state index contributed by atoms with van der Waals surface area (Å²) in [5.74, 6) is -0.350. The highest BCUT2D eigenvalue weighted by atomic mass is 32.2. The van der Waals surface area contributed by atoms with Crippen LogP contribution in [0.25, 0.3) is 0 Å². The predicted molar refractivity (Wildman–Crippen MR) is 96.9 cm³/mol. The molecule has 2 aromatic rings. The smallest absolute Gasteiger partial charge is 0.295 e. The van der Waals surface area contributed by atoms with Crippen LogP contribution in [-0.4, -0.2) is 29.5 Å². The summed E-state index contributed by atoms with van der Waals surface area (Å²) in [7, 11) is 1.49. The van der Waals surface area contributed by atoms with Crippen molar-refractivity contribution < 1.29 is 19.1 Å². The van der Waals surface area contributed by atoms with Crippen molar-refractivity contribution in [2.45, 2.75) is 12.3 Å². The van der Waals surface area contributed by atoms with Gasteiger partial charge in [0.25, 0.3) is 11.1 Å². The predicted octanol–water partition coefficient (Wildman–Crippen LogP) is 3.27. The molecule has 1 aliphatic heterocycles. The zero-order valence-electron chi connectivity index (χ0n) is 13.7. The number of thioether (sulfide) groups is 1. The first kappa shape index (κ1) is 17.0. The monoisotopic (exact) mass is 356 g/mol. The second kappa shape index (κ2) is 6.98. The molecular formula is C18H16N2O4S. The Morgan fingerprint density at radius 1 is 1.08 bits per heavy atom. The van der Waals surface area contributed by atoms with Crippen molar-refractivity contribution >= 4 is 40.2 Å². The van der Waals surface area contributed by atoms with E-state index in [2.05, 4.69) is 0 Å². The van der Waals surface area contributed by atoms with E-state index >= 15 is 0 Å². The first-order valence-corrected chi connectivity index (χ1v) is 8.45. The molecule has 1 atom stereocenters. The van der Waals surface area contributed by atoms with E-state index in [1.165, 1.54) is 18.9 Å². The second-order valence-electron chi connectivity index (χ2n) is 5.31. The summed E-state index contributed by atoms with van der Waals surface area (Å²) in [6.07, 6.45) is 0. The maximum Gasteiger partial charge on any atom is 0.295 e. The van der Waals surface area contributed by atoms with Crippen LogP contribution in [0.4, 0.5) is 16.2 Å². The molecule has 6 nitrogen and oxygen atoms in total. The van der Waals surface area contributed by atoms with Crippen molar-refractivity contribution in [1.82, 2.24) is 0 Å². The van der Waals surface area contributed by atoms with Gasteiger partial charge in [-0.05, 0) is 36.0 Å². The third-order valence-corrected chi connectivity index (χ3v) is 4.78. The number of hydrogen-bond acceptors (Lipinski definition) is 5. The summed E-state index contributed by atoms with van der Waals surface area (Å²) >= 11 is 0.814. The van der Waals surface area contributed by atoms with E-state index in [-0.39, 0.29) is 5.91 Å². The minimum Gasteiger partial charge on any atom is -0.495 e. The fraction of sp³-hybridized carbons (Fsp3) is 0.167. The third-order valence-electron chi connectivity index (χ3n) is 3.76. The number of para-hydroxylation sites is 3. The number of rotatable bonds is 4. The number of anilines is 2. The number of nitrogens with zero attached hydrogens (tertiary/aromatic N) is 2. The van der Waals surface area contributed by atoms with Crippen molar-refractivity contribution in [2.75, 3.05) is 16.9 Å². The van der Waals surface area contributed by atoms with Crippen molar-refractivity contribution in [2.24, 2.45) is 0 Å². The van der Waals surface area contributed by atoms with E-state index in [1.54, 1.807) is 54.6 Å². The Hall–Kier alpha value is -2.80. The molecule has 25 heavy (non-hydrogen) atoms. The van der Waals surface area contributed by atoms with Gasteiger partial charge in [0.15, 0.2) is 5.37 Å². The Morgan fingerprint density at radius 3 is 2.36 bits per heavy atom. The number of hydrogen-bond donors (Lipinski definition) is 0. The first-order chi connectivity index (χ1) is 12.0. The van der Waals surface area contributed by atoms with E-state index < -0.39 is 16.5 Å². The summed E-state index contributed by atoms with van der Waals surface area (Å²) in [5.41, 5.74) is 0.932. The highest BCUT2D eigenvalue weighted by Crippen LogP contribution is 2.38. The lowest BCUT2D eigenvalue weighted by atomic mass is 10.2. The number of carbonyl (C=O) groups excluding carboxylic acids is 3. The Balaban J connectivity index is 2.00. The number of benzene rings is 2. The average molecular weight is 356 g/mol. The molecule has 0 unspecified atom stereocenters. The second-order valence-corrected chi connectivity index (χ2v) is 6.34. The van der Waals surface area contributed by atoms with Gasteiger partial charge < -0.3 is 4.74 Å². The number of imide groups is 1. The average Bonchev–Trinajstić information content (AvgIpc) is 2.90. The van der Waals surface area contributed by atoms with E-state index in [0.29, 0.717) is 17.1 Å². The molecule has 1 heterocycles. The molecule has 0 radical (unpaired) electrons. The van der Waals surface area contributed by atoms with Crippen molar-refractivity contribution in [3.63, 3.8) is 0 Å². The fourth-order valence-electron chi connectivity index (χ4n) is 2.66. The van der Waals surface area contributed by atoms with Crippen molar-refractivity contribution in [3.05, 3.63) is 54.6 Å². The maximum absolute atomic E-state index is 12.9. The topological polar surface area (TPSA) is 66.9 Å². The molecule has 2 aromatic carbocycles. The summed E-state index contributed by atoms with van der Waals surface area (Å²) < 4.78 is 5.30. The zero-order valence-corrected chi connectivity index (χ0v) is 14.5. The molecule has 1 saturated heterocycles. The SMILES string of the molecule is COc1ccccc1N(C(C)=O)[C@@H]1SC(=O)N(c2ccccc2)C1=O. The molecule has 0 N–H and O–H groups in total. The zero-order chi connectivity index (χ0) is 18.0. The first-order valence-electron chi connectivity index (χ1n) is 7.57. The minimum absolute atomic E-state index is 0.349. The standard InChI is InChI=1S/C18H16N2O4S/c1-12(21)19(14-10-6-7-11-15(14)24-2)17-16(22)20(18(23)25-17)13-8-4-3-5-9-13/h3-11,17H,1-2H3/t17-/m1/s1. The highest BCUT2D eigenvalue weighted by Gasteiger charge is 2.45. The summed E-state index contributed by atoms with van der Waals surface area (Å²) in [4.78, 5) is 40.0. The number of ether oxygens (including phenoxy) is 1. The molecule has 7 heteroatoms. The van der Waals surface area contributed by atoms with E-state index in [9.17, 15) is 14.4 Å². The normalized spacial score (nSPS) is 16.9. The number of methoxy groups -OCH3 is 1. The Morgan fingerprint density at radius 2 is 1.72 bits per heavy atom. The molecule has 3 amide bonds. The molecule has 1 fully saturated rings. The summed E-state index contributed by atoms with van der Waals surface area (Å²) in [6, 6.07) is 15.6. The van der Waals surface area contributed by atoms with Gasteiger partial charge in [0.1, 0.15) is 5.75 Å². The van der Waals surface area contributed by atoms with Crippen molar-refractivity contribution in [1.29, 1.82) is 0 Å². The van der Waals surface area contributed by atoms with Crippen LogP contribution in [0.5, 0.6) is 5.75 Å². The van der Waals surface area contributed by atoms with Gasteiger partial charge in [0, 0.05) is 6.92 Å². The Labute approximate surface area is 149 Å². The maximum atomic E-state index is 12.9. The molecule has 0 spiro atoms. The lowest BCUT2D eigenvalue weighted by Gasteiger charge is -2.26. The lowest BCUT2D eigenvalue weighted by molar-refractivity contribution is -0.121. The Bertz CT molecular complexity index is 825. The van der Waals surface area contributed by atoms with Gasteiger partial charge in [0.2, 0.25) is 5.91 Å². The van der Waals surface area contributed by atoms with E-state index in [1.807, 2.05) is 0 Å². The van der Waals surface area contributed by atoms with Crippen LogP contribution < -0.4 is 14.5 Å². The molecule has 3 rings (SSSR count). The molecule has 0 aliphatic carbocycles. The van der Waals surface area contributed by atoms with Gasteiger partial charge in [-0.1, -0.05) is 30.3 Å². The van der Waals surface area contributed by atoms with E-state index in [4.69, 9.17) is 4.74 Å². The van der Waals surface area contributed by atoms with Crippen LogP contribution in [0.2, 0.25) is 0 Å². The van der Waals surface area contributed by atoms with Gasteiger partial charge in [0.05, 0.1) is 18.5 Å². The van der Waals surface area contributed by atoms with Crippen LogP contribution in [0.3, 0.4) is 0 Å². The van der Waals surface area contributed by atoms with Crippen LogP contribution in [-0.2, 0) is 9.59 Å². The quantitative estimate of drug-likeness (QED) is 0.841. The number of amides is 3. The largest absolute Gasteiger partial charge is 0.495 e. The van der Waals surface area contributed by atoms with Crippen LogP contribution in [0.15, 0.2) is 54.6 Å².